The molecule has 0 saturated carbocycles. The molecule has 0 bridgehead atoms. The first-order chi connectivity index (χ1) is 12.9. The second-order valence-electron chi connectivity index (χ2n) is 7.20. The van der Waals surface area contributed by atoms with Crippen LogP contribution in [0.15, 0.2) is 48.8 Å². The minimum absolute atomic E-state index is 0.144. The molecule has 0 spiro atoms. The second-order valence-corrected chi connectivity index (χ2v) is 7.64. The number of nitrogens with zero attached hydrogens (tertiary/aromatic N) is 2. The minimum Gasteiger partial charge on any atom is -0.508 e. The van der Waals surface area contributed by atoms with Gasteiger partial charge in [0, 0.05) is 16.7 Å². The highest BCUT2D eigenvalue weighted by atomic mass is 35.5. The zero-order valence-electron chi connectivity index (χ0n) is 15.2. The summed E-state index contributed by atoms with van der Waals surface area (Å²) in [5, 5.41) is 10.6. The monoisotopic (exact) mass is 382 g/mol. The molecule has 3 aromatic rings. The Morgan fingerprint density at radius 3 is 2.67 bits per heavy atom. The van der Waals surface area contributed by atoms with Crippen LogP contribution in [-0.2, 0) is 6.54 Å². The van der Waals surface area contributed by atoms with Crippen molar-refractivity contribution in [1.82, 2.24) is 4.98 Å². The van der Waals surface area contributed by atoms with Crippen LogP contribution in [0.1, 0.15) is 36.5 Å². The largest absolute Gasteiger partial charge is 0.508 e. The Morgan fingerprint density at radius 1 is 1.22 bits per heavy atom. The van der Waals surface area contributed by atoms with Crippen LogP contribution in [0.5, 0.6) is 17.4 Å². The quantitative estimate of drug-likeness (QED) is 0.519. The Hall–Kier alpha value is -2.79. The van der Waals surface area contributed by atoms with Gasteiger partial charge in [0.2, 0.25) is 12.1 Å². The van der Waals surface area contributed by atoms with E-state index in [1.807, 2.05) is 34.9 Å². The summed E-state index contributed by atoms with van der Waals surface area (Å²) in [6.45, 7) is 5.04. The number of anilines is 1. The van der Waals surface area contributed by atoms with Crippen LogP contribution in [0.2, 0.25) is 5.02 Å². The number of nitrogens with two attached hydrogens (primary N) is 1. The first-order valence-corrected chi connectivity index (χ1v) is 9.26. The molecular formula is C21H21ClN3O2+. The highest BCUT2D eigenvalue weighted by Crippen LogP contribution is 2.48. The van der Waals surface area contributed by atoms with Crippen molar-refractivity contribution in [2.45, 2.75) is 26.3 Å². The van der Waals surface area contributed by atoms with Crippen molar-refractivity contribution in [2.24, 2.45) is 5.92 Å². The van der Waals surface area contributed by atoms with Gasteiger partial charge in [0.25, 0.3) is 0 Å². The van der Waals surface area contributed by atoms with Crippen molar-refractivity contribution < 1.29 is 14.4 Å². The van der Waals surface area contributed by atoms with Gasteiger partial charge < -0.3 is 15.6 Å². The number of aromatic hydroxyl groups is 1. The van der Waals surface area contributed by atoms with Crippen molar-refractivity contribution in [3.05, 3.63) is 70.5 Å². The number of hydrogen-bond donors (Lipinski definition) is 2. The maximum Gasteiger partial charge on any atom is 0.306 e. The number of benzene rings is 2. The molecule has 2 aromatic carbocycles. The van der Waals surface area contributed by atoms with Gasteiger partial charge >= 0.3 is 5.88 Å². The van der Waals surface area contributed by atoms with Gasteiger partial charge in [-0.05, 0) is 29.7 Å². The molecular weight excluding hydrogens is 362 g/mol. The molecule has 2 heterocycles. The first-order valence-electron chi connectivity index (χ1n) is 8.88. The summed E-state index contributed by atoms with van der Waals surface area (Å²) in [5.74, 6) is 2.09. The highest BCUT2D eigenvalue weighted by molar-refractivity contribution is 6.30. The molecule has 0 aliphatic carbocycles. The van der Waals surface area contributed by atoms with E-state index in [-0.39, 0.29) is 11.7 Å². The van der Waals surface area contributed by atoms with Crippen LogP contribution in [0.3, 0.4) is 0 Å². The van der Waals surface area contributed by atoms with E-state index in [4.69, 9.17) is 22.1 Å². The van der Waals surface area contributed by atoms with Gasteiger partial charge in [-0.25, -0.2) is 4.57 Å². The van der Waals surface area contributed by atoms with Gasteiger partial charge in [-0.1, -0.05) is 48.6 Å². The topological polar surface area (TPSA) is 72.2 Å². The van der Waals surface area contributed by atoms with E-state index in [9.17, 15) is 5.11 Å². The summed E-state index contributed by atoms with van der Waals surface area (Å²) < 4.78 is 7.94. The fourth-order valence-corrected chi connectivity index (χ4v) is 3.65. The van der Waals surface area contributed by atoms with E-state index < -0.39 is 0 Å². The zero-order valence-corrected chi connectivity index (χ0v) is 15.9. The van der Waals surface area contributed by atoms with E-state index in [0.29, 0.717) is 28.4 Å². The van der Waals surface area contributed by atoms with E-state index >= 15 is 0 Å². The smallest absolute Gasteiger partial charge is 0.306 e. The van der Waals surface area contributed by atoms with Gasteiger partial charge in [0.1, 0.15) is 17.1 Å². The lowest BCUT2D eigenvalue weighted by molar-refractivity contribution is -0.691. The Balaban J connectivity index is 1.94. The number of aromatic nitrogens is 2. The highest BCUT2D eigenvalue weighted by Gasteiger charge is 2.36. The molecule has 1 aliphatic rings. The third-order valence-corrected chi connectivity index (χ3v) is 4.95. The molecule has 1 aliphatic heterocycles. The summed E-state index contributed by atoms with van der Waals surface area (Å²) in [7, 11) is 0. The number of hydrogen-bond acceptors (Lipinski definition) is 4. The first kappa shape index (κ1) is 17.6. The van der Waals surface area contributed by atoms with Crippen LogP contribution >= 0.6 is 11.6 Å². The average molecular weight is 383 g/mol. The van der Waals surface area contributed by atoms with Crippen LogP contribution in [0.25, 0.3) is 0 Å². The normalized spacial score (nSPS) is 15.2. The van der Waals surface area contributed by atoms with Crippen molar-refractivity contribution in [3.8, 4) is 17.4 Å². The predicted molar refractivity (Wildman–Crippen MR) is 104 cm³/mol. The summed E-state index contributed by atoms with van der Waals surface area (Å²) in [4.78, 5) is 4.51. The molecule has 0 saturated heterocycles. The Bertz CT molecular complexity index is 1000. The molecule has 3 N–H and O–H groups in total. The van der Waals surface area contributed by atoms with Crippen LogP contribution < -0.4 is 15.0 Å². The summed E-state index contributed by atoms with van der Waals surface area (Å²) in [5.41, 5.74) is 9.36. The predicted octanol–water partition coefficient (Wildman–Crippen LogP) is 4.25. The minimum atomic E-state index is -0.159. The lowest BCUT2D eigenvalue weighted by Crippen LogP contribution is -2.41. The van der Waals surface area contributed by atoms with E-state index in [1.54, 1.807) is 18.5 Å². The molecule has 1 aromatic heterocycles. The third kappa shape index (κ3) is 3.19. The number of phenols is 1. The fraction of sp³-hybridized carbons (Fsp3) is 0.238. The zero-order chi connectivity index (χ0) is 19.1. The lowest BCUT2D eigenvalue weighted by atomic mass is 9.83. The Kier molecular flexibility index (Phi) is 4.40. The number of nitrogen functional groups attached to an aromatic ring is 1. The summed E-state index contributed by atoms with van der Waals surface area (Å²) >= 11 is 6.09. The van der Waals surface area contributed by atoms with Crippen LogP contribution in [0.4, 0.5) is 5.82 Å². The van der Waals surface area contributed by atoms with E-state index in [1.165, 1.54) is 0 Å². The molecule has 0 radical (unpaired) electrons. The molecule has 6 heteroatoms. The second kappa shape index (κ2) is 6.74. The van der Waals surface area contributed by atoms with Crippen molar-refractivity contribution in [2.75, 3.05) is 5.73 Å². The number of ether oxygens (including phenoxy) is 1. The molecule has 27 heavy (non-hydrogen) atoms. The third-order valence-electron chi connectivity index (χ3n) is 4.70. The summed E-state index contributed by atoms with van der Waals surface area (Å²) in [6.07, 6.45) is 1.71. The maximum atomic E-state index is 9.88. The number of fused-ring (bicyclic) bond motifs is 2. The summed E-state index contributed by atoms with van der Waals surface area (Å²) in [6, 6.07) is 12.8. The van der Waals surface area contributed by atoms with Gasteiger partial charge in [-0.2, -0.15) is 0 Å². The standard InChI is InChI=1S/C21H20ClN3O2/c1-12(2)10-25-11-24-21-19(20(25)23)18(13-3-5-14(22)6-4-13)16-8-7-15(26)9-17(16)27-21/h3-9,11-12,18,23,26H,10H2,1-2H3/p+1/t18-/m1/s1. The molecule has 5 nitrogen and oxygen atoms in total. The van der Waals surface area contributed by atoms with Gasteiger partial charge in [-0.15, -0.1) is 0 Å². The van der Waals surface area contributed by atoms with Crippen LogP contribution in [-0.4, -0.2) is 10.1 Å². The maximum absolute atomic E-state index is 9.88. The van der Waals surface area contributed by atoms with E-state index in [2.05, 4.69) is 18.8 Å². The van der Waals surface area contributed by atoms with Crippen LogP contribution in [0, 0.1) is 5.92 Å². The number of rotatable bonds is 3. The Morgan fingerprint density at radius 2 is 1.96 bits per heavy atom. The number of halogens is 1. The SMILES string of the molecule is CC(C)C[n+]1cnc2c(c1N)[C@H](c1ccc(Cl)cc1)c1ccc(O)cc1O2. The molecule has 0 fully saturated rings. The van der Waals surface area contributed by atoms with Crippen molar-refractivity contribution in [1.29, 1.82) is 0 Å². The van der Waals surface area contributed by atoms with Gasteiger partial charge in [0.15, 0.2) is 0 Å². The van der Waals surface area contributed by atoms with Crippen molar-refractivity contribution in [3.63, 3.8) is 0 Å². The Labute approximate surface area is 163 Å². The fourth-order valence-electron chi connectivity index (χ4n) is 3.52. The molecule has 0 amide bonds. The molecule has 1 atom stereocenters. The molecule has 0 unspecified atom stereocenters. The van der Waals surface area contributed by atoms with Gasteiger partial charge in [-0.3, -0.25) is 0 Å². The van der Waals surface area contributed by atoms with Gasteiger partial charge in [0.05, 0.1) is 12.5 Å². The number of phenolic OH excluding ortho intramolecular Hbond substituents is 1. The lowest BCUT2D eigenvalue weighted by Gasteiger charge is -2.27. The average Bonchev–Trinajstić information content (AvgIpc) is 2.63. The molecule has 4 rings (SSSR count). The molecule has 138 valence electrons. The van der Waals surface area contributed by atoms with Crippen molar-refractivity contribution >= 4 is 17.4 Å². The van der Waals surface area contributed by atoms with E-state index in [0.717, 1.165) is 23.2 Å².